The topological polar surface area (TPSA) is 75.4 Å². The standard InChI is InChI=1S/C15H17ClN2O3/c1-10(5-4-8-19)18-15(20)13-14(21-9-17-13)11-6-2-3-7-12(11)16/h2-3,6-7,9-10,19H,4-5,8H2,1H3,(H,18,20). The fourth-order valence-corrected chi connectivity index (χ4v) is 2.23. The first kappa shape index (κ1) is 15.5. The molecule has 2 N–H and O–H groups in total. The lowest BCUT2D eigenvalue weighted by Crippen LogP contribution is -2.33. The first-order valence-corrected chi connectivity index (χ1v) is 7.11. The van der Waals surface area contributed by atoms with E-state index in [1.807, 2.05) is 13.0 Å². The Morgan fingerprint density at radius 3 is 2.95 bits per heavy atom. The lowest BCUT2D eigenvalue weighted by molar-refractivity contribution is 0.0932. The van der Waals surface area contributed by atoms with E-state index < -0.39 is 0 Å². The van der Waals surface area contributed by atoms with E-state index in [-0.39, 0.29) is 24.2 Å². The van der Waals surface area contributed by atoms with Crippen molar-refractivity contribution in [2.45, 2.75) is 25.8 Å². The van der Waals surface area contributed by atoms with E-state index in [1.54, 1.807) is 18.2 Å². The number of hydrogen-bond donors (Lipinski definition) is 2. The normalized spacial score (nSPS) is 12.1. The molecule has 0 spiro atoms. The Labute approximate surface area is 128 Å². The highest BCUT2D eigenvalue weighted by molar-refractivity contribution is 6.33. The Bertz CT molecular complexity index is 612. The van der Waals surface area contributed by atoms with Crippen molar-refractivity contribution in [1.82, 2.24) is 10.3 Å². The second kappa shape index (κ2) is 7.24. The summed E-state index contributed by atoms with van der Waals surface area (Å²) in [6.45, 7) is 1.98. The van der Waals surface area contributed by atoms with Crippen molar-refractivity contribution in [3.05, 3.63) is 41.4 Å². The number of hydrogen-bond acceptors (Lipinski definition) is 4. The van der Waals surface area contributed by atoms with Gasteiger partial charge in [0, 0.05) is 18.2 Å². The van der Waals surface area contributed by atoms with Crippen LogP contribution in [0.2, 0.25) is 5.02 Å². The summed E-state index contributed by atoms with van der Waals surface area (Å²) < 4.78 is 5.32. The van der Waals surface area contributed by atoms with Crippen molar-refractivity contribution in [2.24, 2.45) is 0 Å². The Morgan fingerprint density at radius 2 is 2.24 bits per heavy atom. The van der Waals surface area contributed by atoms with Crippen LogP contribution in [0.1, 0.15) is 30.3 Å². The predicted octanol–water partition coefficient (Wildman–Crippen LogP) is 2.89. The molecule has 0 saturated carbocycles. The molecular formula is C15H17ClN2O3. The van der Waals surface area contributed by atoms with Gasteiger partial charge in [0.05, 0.1) is 5.02 Å². The Hall–Kier alpha value is -1.85. The lowest BCUT2D eigenvalue weighted by atomic mass is 10.1. The van der Waals surface area contributed by atoms with Crippen LogP contribution in [0, 0.1) is 0 Å². The minimum atomic E-state index is -0.316. The molecule has 1 aromatic carbocycles. The highest BCUT2D eigenvalue weighted by Gasteiger charge is 2.20. The number of carbonyl (C=O) groups excluding carboxylic acids is 1. The minimum absolute atomic E-state index is 0.0551. The van der Waals surface area contributed by atoms with Gasteiger partial charge < -0.3 is 14.8 Å². The number of nitrogens with one attached hydrogen (secondary N) is 1. The van der Waals surface area contributed by atoms with Crippen LogP contribution in [0.25, 0.3) is 11.3 Å². The maximum Gasteiger partial charge on any atom is 0.274 e. The van der Waals surface area contributed by atoms with Crippen LogP contribution in [0.3, 0.4) is 0 Å². The Morgan fingerprint density at radius 1 is 1.48 bits per heavy atom. The maximum atomic E-state index is 12.2. The van der Waals surface area contributed by atoms with Crippen LogP contribution in [-0.4, -0.2) is 28.6 Å². The number of nitrogens with zero attached hydrogens (tertiary/aromatic N) is 1. The molecule has 0 fully saturated rings. The van der Waals surface area contributed by atoms with Gasteiger partial charge in [0.25, 0.3) is 5.91 Å². The number of benzene rings is 1. The molecule has 1 aromatic heterocycles. The molecule has 1 unspecified atom stereocenters. The van der Waals surface area contributed by atoms with Gasteiger partial charge in [-0.3, -0.25) is 4.79 Å². The van der Waals surface area contributed by atoms with Crippen molar-refractivity contribution in [3.63, 3.8) is 0 Å². The van der Waals surface area contributed by atoms with Crippen molar-refractivity contribution < 1.29 is 14.3 Å². The monoisotopic (exact) mass is 308 g/mol. The van der Waals surface area contributed by atoms with Gasteiger partial charge in [-0.2, -0.15) is 0 Å². The van der Waals surface area contributed by atoms with Crippen LogP contribution in [0.5, 0.6) is 0 Å². The van der Waals surface area contributed by atoms with Crippen molar-refractivity contribution in [2.75, 3.05) is 6.61 Å². The highest BCUT2D eigenvalue weighted by atomic mass is 35.5. The molecule has 0 bridgehead atoms. The van der Waals surface area contributed by atoms with Gasteiger partial charge in [-0.1, -0.05) is 23.7 Å². The van der Waals surface area contributed by atoms with Crippen molar-refractivity contribution in [1.29, 1.82) is 0 Å². The number of aromatic nitrogens is 1. The summed E-state index contributed by atoms with van der Waals surface area (Å²) in [4.78, 5) is 16.2. The first-order chi connectivity index (χ1) is 10.1. The van der Waals surface area contributed by atoms with E-state index in [1.165, 1.54) is 6.39 Å². The van der Waals surface area contributed by atoms with Gasteiger partial charge in [-0.05, 0) is 31.9 Å². The zero-order valence-electron chi connectivity index (χ0n) is 11.7. The molecule has 0 aliphatic rings. The summed E-state index contributed by atoms with van der Waals surface area (Å²) in [6, 6.07) is 7.06. The van der Waals surface area contributed by atoms with E-state index in [0.29, 0.717) is 29.2 Å². The molecule has 0 radical (unpaired) electrons. The molecule has 5 nitrogen and oxygen atoms in total. The van der Waals surface area contributed by atoms with Crippen molar-refractivity contribution in [3.8, 4) is 11.3 Å². The third-order valence-corrected chi connectivity index (χ3v) is 3.40. The molecule has 1 amide bonds. The second-order valence-corrected chi connectivity index (χ2v) is 5.16. The summed E-state index contributed by atoms with van der Waals surface area (Å²) in [6.07, 6.45) is 2.56. The molecule has 1 heterocycles. The summed E-state index contributed by atoms with van der Waals surface area (Å²) in [7, 11) is 0. The maximum absolute atomic E-state index is 12.2. The van der Waals surface area contributed by atoms with Crippen LogP contribution in [0.4, 0.5) is 0 Å². The van der Waals surface area contributed by atoms with Gasteiger partial charge >= 0.3 is 0 Å². The van der Waals surface area contributed by atoms with Crippen molar-refractivity contribution >= 4 is 17.5 Å². The predicted molar refractivity (Wildman–Crippen MR) is 80.2 cm³/mol. The molecule has 0 saturated heterocycles. The average Bonchev–Trinajstić information content (AvgIpc) is 2.95. The van der Waals surface area contributed by atoms with E-state index in [9.17, 15) is 4.79 Å². The zero-order chi connectivity index (χ0) is 15.2. The van der Waals surface area contributed by atoms with Gasteiger partial charge in [0.1, 0.15) is 0 Å². The summed E-state index contributed by atoms with van der Waals surface area (Å²) in [5, 5.41) is 12.1. The molecule has 6 heteroatoms. The molecule has 21 heavy (non-hydrogen) atoms. The first-order valence-electron chi connectivity index (χ1n) is 6.73. The smallest absolute Gasteiger partial charge is 0.274 e. The number of oxazole rings is 1. The highest BCUT2D eigenvalue weighted by Crippen LogP contribution is 2.29. The molecule has 2 rings (SSSR count). The molecule has 1 atom stereocenters. The average molecular weight is 309 g/mol. The van der Waals surface area contributed by atoms with Crippen LogP contribution in [0.15, 0.2) is 35.1 Å². The molecular weight excluding hydrogens is 292 g/mol. The summed E-state index contributed by atoms with van der Waals surface area (Å²) in [5.74, 6) is 0.0385. The van der Waals surface area contributed by atoms with Gasteiger partial charge in [0.2, 0.25) is 0 Å². The molecule has 2 aromatic rings. The van der Waals surface area contributed by atoms with E-state index in [4.69, 9.17) is 21.1 Å². The fourth-order valence-electron chi connectivity index (χ4n) is 2.01. The van der Waals surface area contributed by atoms with Crippen LogP contribution in [-0.2, 0) is 0 Å². The third-order valence-electron chi connectivity index (χ3n) is 3.07. The zero-order valence-corrected chi connectivity index (χ0v) is 12.4. The number of halogens is 1. The molecule has 0 aliphatic carbocycles. The van der Waals surface area contributed by atoms with Gasteiger partial charge in [0.15, 0.2) is 17.8 Å². The largest absolute Gasteiger partial charge is 0.443 e. The number of amides is 1. The van der Waals surface area contributed by atoms with E-state index >= 15 is 0 Å². The molecule has 0 aliphatic heterocycles. The Balaban J connectivity index is 2.17. The summed E-state index contributed by atoms with van der Waals surface area (Å²) >= 11 is 6.12. The van der Waals surface area contributed by atoms with E-state index in [0.717, 1.165) is 0 Å². The third kappa shape index (κ3) is 3.83. The fraction of sp³-hybridized carbons (Fsp3) is 0.333. The van der Waals surface area contributed by atoms with Crippen LogP contribution < -0.4 is 5.32 Å². The number of aliphatic hydroxyl groups excluding tert-OH is 1. The number of rotatable bonds is 6. The van der Waals surface area contributed by atoms with Gasteiger partial charge in [-0.15, -0.1) is 0 Å². The second-order valence-electron chi connectivity index (χ2n) is 4.75. The SMILES string of the molecule is CC(CCCO)NC(=O)c1ncoc1-c1ccccc1Cl. The summed E-state index contributed by atoms with van der Waals surface area (Å²) in [5.41, 5.74) is 0.837. The lowest BCUT2D eigenvalue weighted by Gasteiger charge is -2.12. The number of carbonyl (C=O) groups is 1. The van der Waals surface area contributed by atoms with Gasteiger partial charge in [-0.25, -0.2) is 4.98 Å². The van der Waals surface area contributed by atoms with Crippen LogP contribution >= 0.6 is 11.6 Å². The van der Waals surface area contributed by atoms with E-state index in [2.05, 4.69) is 10.3 Å². The quantitative estimate of drug-likeness (QED) is 0.860. The molecule has 112 valence electrons. The Kier molecular flexibility index (Phi) is 5.36. The number of aliphatic hydroxyl groups is 1. The minimum Gasteiger partial charge on any atom is -0.443 e.